The zero-order chi connectivity index (χ0) is 13.2. The number of carbonyl (C=O) groups is 1. The lowest BCUT2D eigenvalue weighted by Crippen LogP contribution is -2.42. The van der Waals surface area contributed by atoms with Gasteiger partial charge in [0.25, 0.3) is 0 Å². The van der Waals surface area contributed by atoms with E-state index in [4.69, 9.17) is 4.74 Å². The molecule has 0 aromatic carbocycles. The average Bonchev–Trinajstić information content (AvgIpc) is 3.02. The third-order valence-electron chi connectivity index (χ3n) is 5.34. The molecule has 1 aliphatic carbocycles. The molecule has 2 aliphatic heterocycles. The first-order chi connectivity index (χ1) is 9.25. The van der Waals surface area contributed by atoms with Crippen molar-refractivity contribution in [2.45, 2.75) is 82.9 Å². The van der Waals surface area contributed by atoms with Crippen molar-refractivity contribution in [2.24, 2.45) is 5.92 Å². The summed E-state index contributed by atoms with van der Waals surface area (Å²) in [6, 6.07) is 1.02. The first-order valence-electron chi connectivity index (χ1n) is 8.18. The first-order valence-corrected chi connectivity index (χ1v) is 8.18. The van der Waals surface area contributed by atoms with E-state index < -0.39 is 0 Å². The van der Waals surface area contributed by atoms with Gasteiger partial charge in [0.1, 0.15) is 0 Å². The van der Waals surface area contributed by atoms with Crippen molar-refractivity contribution < 1.29 is 9.53 Å². The smallest absolute Gasteiger partial charge is 0.223 e. The number of likely N-dealkylation sites (tertiary alicyclic amines) is 1. The molecule has 3 rings (SSSR count). The molecule has 0 unspecified atom stereocenters. The quantitative estimate of drug-likeness (QED) is 0.784. The van der Waals surface area contributed by atoms with Gasteiger partial charge in [0.05, 0.1) is 6.10 Å². The van der Waals surface area contributed by atoms with Gasteiger partial charge in [-0.3, -0.25) is 4.79 Å². The summed E-state index contributed by atoms with van der Waals surface area (Å²) in [6.45, 7) is 3.13. The molecule has 3 nitrogen and oxygen atoms in total. The van der Waals surface area contributed by atoms with E-state index in [-0.39, 0.29) is 0 Å². The summed E-state index contributed by atoms with van der Waals surface area (Å²) in [5.41, 5.74) is 0. The minimum Gasteiger partial charge on any atom is -0.378 e. The Bertz CT molecular complexity index is 325. The van der Waals surface area contributed by atoms with Gasteiger partial charge < -0.3 is 9.64 Å². The third kappa shape index (κ3) is 2.81. The van der Waals surface area contributed by atoms with Crippen molar-refractivity contribution in [1.82, 2.24) is 4.90 Å². The fourth-order valence-corrected chi connectivity index (χ4v) is 4.42. The van der Waals surface area contributed by atoms with E-state index in [2.05, 4.69) is 11.8 Å². The summed E-state index contributed by atoms with van der Waals surface area (Å²) in [7, 11) is 0. The van der Waals surface area contributed by atoms with Crippen LogP contribution >= 0.6 is 0 Å². The maximum Gasteiger partial charge on any atom is 0.223 e. The second kappa shape index (κ2) is 5.82. The van der Waals surface area contributed by atoms with Gasteiger partial charge in [-0.1, -0.05) is 12.8 Å². The molecule has 0 spiro atoms. The molecule has 0 aromatic rings. The Kier molecular flexibility index (Phi) is 4.11. The number of fused-ring (bicyclic) bond motifs is 1. The summed E-state index contributed by atoms with van der Waals surface area (Å²) in [5.74, 6) is 1.17. The Morgan fingerprint density at radius 2 is 2.05 bits per heavy atom. The highest BCUT2D eigenvalue weighted by molar-refractivity contribution is 5.77. The van der Waals surface area contributed by atoms with Gasteiger partial charge in [0, 0.05) is 25.1 Å². The highest BCUT2D eigenvalue weighted by atomic mass is 16.5. The highest BCUT2D eigenvalue weighted by Crippen LogP contribution is 2.40. The van der Waals surface area contributed by atoms with Crippen LogP contribution in [0.3, 0.4) is 0 Å². The molecule has 4 atom stereocenters. The standard InChI is InChI=1S/C16H27NO2/c1-12-11-13-5-2-3-7-15(13)17(12)16(18)9-8-14-6-4-10-19-14/h12-15H,2-11H2,1H3/t12-,13+,14-,15-/m1/s1. The van der Waals surface area contributed by atoms with E-state index in [1.54, 1.807) is 0 Å². The molecule has 108 valence electrons. The molecule has 3 aliphatic rings. The number of hydrogen-bond donors (Lipinski definition) is 0. The topological polar surface area (TPSA) is 29.5 Å². The first kappa shape index (κ1) is 13.4. The predicted octanol–water partition coefficient (Wildman–Crippen LogP) is 3.13. The lowest BCUT2D eigenvalue weighted by molar-refractivity contribution is -0.135. The molecule has 1 saturated carbocycles. The van der Waals surface area contributed by atoms with E-state index in [0.717, 1.165) is 25.4 Å². The fourth-order valence-electron chi connectivity index (χ4n) is 4.42. The highest BCUT2D eigenvalue weighted by Gasteiger charge is 2.42. The zero-order valence-corrected chi connectivity index (χ0v) is 12.1. The van der Waals surface area contributed by atoms with E-state index in [0.29, 0.717) is 30.5 Å². The van der Waals surface area contributed by atoms with Crippen molar-refractivity contribution in [1.29, 1.82) is 0 Å². The van der Waals surface area contributed by atoms with Crippen molar-refractivity contribution in [3.63, 3.8) is 0 Å². The van der Waals surface area contributed by atoms with Gasteiger partial charge in [0.2, 0.25) is 5.91 Å². The van der Waals surface area contributed by atoms with Gasteiger partial charge in [-0.2, -0.15) is 0 Å². The Balaban J connectivity index is 1.55. The molecule has 0 radical (unpaired) electrons. The van der Waals surface area contributed by atoms with Crippen molar-refractivity contribution in [3.05, 3.63) is 0 Å². The van der Waals surface area contributed by atoms with Crippen LogP contribution in [0.2, 0.25) is 0 Å². The molecule has 3 heteroatoms. The number of ether oxygens (including phenoxy) is 1. The average molecular weight is 265 g/mol. The summed E-state index contributed by atoms with van der Waals surface area (Å²) in [5, 5.41) is 0. The van der Waals surface area contributed by atoms with E-state index >= 15 is 0 Å². The zero-order valence-electron chi connectivity index (χ0n) is 12.1. The number of hydrogen-bond acceptors (Lipinski definition) is 2. The molecule has 2 saturated heterocycles. The molecule has 0 N–H and O–H groups in total. The van der Waals surface area contributed by atoms with Crippen molar-refractivity contribution in [3.8, 4) is 0 Å². The van der Waals surface area contributed by atoms with Crippen LogP contribution in [0, 0.1) is 5.92 Å². The van der Waals surface area contributed by atoms with E-state index in [1.165, 1.54) is 38.5 Å². The minimum atomic E-state index is 0.351. The molecular formula is C16H27NO2. The molecule has 3 fully saturated rings. The number of rotatable bonds is 3. The summed E-state index contributed by atoms with van der Waals surface area (Å²) >= 11 is 0. The van der Waals surface area contributed by atoms with Gasteiger partial charge in [-0.15, -0.1) is 0 Å². The number of carbonyl (C=O) groups excluding carboxylic acids is 1. The van der Waals surface area contributed by atoms with Crippen LogP contribution in [-0.4, -0.2) is 35.6 Å². The summed E-state index contributed by atoms with van der Waals surface area (Å²) < 4.78 is 5.63. The second-order valence-electron chi connectivity index (χ2n) is 6.67. The van der Waals surface area contributed by atoms with E-state index in [9.17, 15) is 4.79 Å². The predicted molar refractivity (Wildman–Crippen MR) is 74.9 cm³/mol. The molecule has 0 bridgehead atoms. The molecule has 19 heavy (non-hydrogen) atoms. The monoisotopic (exact) mass is 265 g/mol. The van der Waals surface area contributed by atoms with E-state index in [1.807, 2.05) is 0 Å². The normalized spacial score (nSPS) is 38.5. The van der Waals surface area contributed by atoms with Crippen molar-refractivity contribution >= 4 is 5.91 Å². The van der Waals surface area contributed by atoms with Gasteiger partial charge in [-0.05, 0) is 51.4 Å². The molecule has 2 heterocycles. The maximum absolute atomic E-state index is 12.5. The number of nitrogens with zero attached hydrogens (tertiary/aromatic N) is 1. The van der Waals surface area contributed by atoms with Crippen LogP contribution in [0.5, 0.6) is 0 Å². The largest absolute Gasteiger partial charge is 0.378 e. The third-order valence-corrected chi connectivity index (χ3v) is 5.34. The number of amides is 1. The van der Waals surface area contributed by atoms with Gasteiger partial charge in [0.15, 0.2) is 0 Å². The van der Waals surface area contributed by atoms with Crippen LogP contribution in [-0.2, 0) is 9.53 Å². The lowest BCUT2D eigenvalue weighted by atomic mass is 9.85. The SMILES string of the molecule is C[C@@H]1C[C@@H]2CCCC[C@H]2N1C(=O)CC[C@H]1CCCO1. The van der Waals surface area contributed by atoms with Crippen LogP contribution in [0.4, 0.5) is 0 Å². The summed E-state index contributed by atoms with van der Waals surface area (Å²) in [6.07, 6.45) is 10.8. The van der Waals surface area contributed by atoms with Crippen LogP contribution in [0.15, 0.2) is 0 Å². The maximum atomic E-state index is 12.5. The van der Waals surface area contributed by atoms with Crippen LogP contribution in [0.25, 0.3) is 0 Å². The lowest BCUT2D eigenvalue weighted by Gasteiger charge is -2.33. The van der Waals surface area contributed by atoms with Crippen LogP contribution in [0.1, 0.15) is 64.7 Å². The molecule has 1 amide bonds. The van der Waals surface area contributed by atoms with Crippen molar-refractivity contribution in [2.75, 3.05) is 6.61 Å². The minimum absolute atomic E-state index is 0.351. The Morgan fingerprint density at radius 1 is 1.21 bits per heavy atom. The molecular weight excluding hydrogens is 238 g/mol. The summed E-state index contributed by atoms with van der Waals surface area (Å²) in [4.78, 5) is 14.8. The Morgan fingerprint density at radius 3 is 2.84 bits per heavy atom. The second-order valence-corrected chi connectivity index (χ2v) is 6.67. The molecule has 0 aromatic heterocycles. The van der Waals surface area contributed by atoms with Gasteiger partial charge >= 0.3 is 0 Å². The Labute approximate surface area is 116 Å². The Hall–Kier alpha value is -0.570. The fraction of sp³-hybridized carbons (Fsp3) is 0.938. The van der Waals surface area contributed by atoms with Crippen LogP contribution < -0.4 is 0 Å². The van der Waals surface area contributed by atoms with Gasteiger partial charge in [-0.25, -0.2) is 0 Å².